The first-order valence-electron chi connectivity index (χ1n) is 9.93. The molecule has 9 nitrogen and oxygen atoms in total. The van der Waals surface area contributed by atoms with Gasteiger partial charge in [0.05, 0.1) is 54.5 Å². The van der Waals surface area contributed by atoms with E-state index in [1.165, 1.54) is 10.9 Å². The molecule has 3 aromatic heterocycles. The quantitative estimate of drug-likeness (QED) is 0.474. The molecule has 4 heterocycles. The van der Waals surface area contributed by atoms with Gasteiger partial charge in [-0.1, -0.05) is 0 Å². The Morgan fingerprint density at radius 1 is 1.06 bits per heavy atom. The van der Waals surface area contributed by atoms with Gasteiger partial charge in [-0.05, 0) is 0 Å². The van der Waals surface area contributed by atoms with Gasteiger partial charge in [-0.15, -0.1) is 0 Å². The van der Waals surface area contributed by atoms with Crippen molar-refractivity contribution >= 4 is 28.4 Å². The van der Waals surface area contributed by atoms with Gasteiger partial charge in [0.15, 0.2) is 23.1 Å². The lowest BCUT2D eigenvalue weighted by atomic mass is 10.1. The van der Waals surface area contributed by atoms with Crippen LogP contribution in [0.3, 0.4) is 0 Å². The first-order chi connectivity index (χ1) is 15.5. The van der Waals surface area contributed by atoms with Crippen molar-refractivity contribution in [2.24, 2.45) is 7.05 Å². The van der Waals surface area contributed by atoms with Crippen molar-refractivity contribution < 1.29 is 17.9 Å². The molecule has 1 aromatic carbocycles. The molecule has 1 saturated heterocycles. The van der Waals surface area contributed by atoms with Gasteiger partial charge >= 0.3 is 0 Å². The highest BCUT2D eigenvalue weighted by Crippen LogP contribution is 2.29. The monoisotopic (exact) mass is 444 g/mol. The molecule has 0 aliphatic carbocycles. The summed E-state index contributed by atoms with van der Waals surface area (Å²) in [5, 5.41) is 11.8. The molecule has 12 heteroatoms. The number of ether oxygens (including phenoxy) is 1. The van der Waals surface area contributed by atoms with E-state index in [4.69, 9.17) is 4.74 Å². The van der Waals surface area contributed by atoms with Crippen LogP contribution < -0.4 is 10.2 Å². The molecule has 0 bridgehead atoms. The fraction of sp³-hybridized carbons (Fsp3) is 0.300. The van der Waals surface area contributed by atoms with Crippen LogP contribution in [0.15, 0.2) is 30.9 Å². The van der Waals surface area contributed by atoms with Gasteiger partial charge < -0.3 is 15.0 Å². The van der Waals surface area contributed by atoms with Crippen molar-refractivity contribution in [2.75, 3.05) is 36.5 Å². The fourth-order valence-corrected chi connectivity index (χ4v) is 3.62. The van der Waals surface area contributed by atoms with Gasteiger partial charge in [0, 0.05) is 38.6 Å². The van der Waals surface area contributed by atoms with Crippen LogP contribution in [0.25, 0.3) is 11.0 Å². The number of fused-ring (bicyclic) bond motifs is 1. The molecule has 0 amide bonds. The molecule has 0 unspecified atom stereocenters. The zero-order valence-electron chi connectivity index (χ0n) is 17.1. The smallest absolute Gasteiger partial charge is 0.229 e. The van der Waals surface area contributed by atoms with Crippen LogP contribution in [0.1, 0.15) is 5.56 Å². The molecular weight excluding hydrogens is 425 g/mol. The van der Waals surface area contributed by atoms with Gasteiger partial charge in [0.1, 0.15) is 0 Å². The second-order valence-corrected chi connectivity index (χ2v) is 7.39. The van der Waals surface area contributed by atoms with Gasteiger partial charge in [0.2, 0.25) is 5.95 Å². The molecule has 1 aliphatic rings. The van der Waals surface area contributed by atoms with Crippen molar-refractivity contribution in [3.05, 3.63) is 53.9 Å². The summed E-state index contributed by atoms with van der Waals surface area (Å²) in [5.41, 5.74) is 0.613. The Morgan fingerprint density at radius 3 is 2.62 bits per heavy atom. The van der Waals surface area contributed by atoms with Crippen molar-refractivity contribution in [2.45, 2.75) is 6.54 Å². The lowest BCUT2D eigenvalue weighted by molar-refractivity contribution is 0.122. The Kier molecular flexibility index (Phi) is 5.13. The molecule has 0 radical (unpaired) electrons. The summed E-state index contributed by atoms with van der Waals surface area (Å²) in [7, 11) is 1.78. The summed E-state index contributed by atoms with van der Waals surface area (Å²) in [4.78, 5) is 10.3. The van der Waals surface area contributed by atoms with Crippen LogP contribution in [0.2, 0.25) is 0 Å². The van der Waals surface area contributed by atoms with Crippen LogP contribution in [0, 0.1) is 17.5 Å². The van der Waals surface area contributed by atoms with E-state index in [9.17, 15) is 8.78 Å². The minimum absolute atomic E-state index is 0.00669. The number of hydrogen-bond acceptors (Lipinski definition) is 7. The van der Waals surface area contributed by atoms with Crippen LogP contribution in [0.5, 0.6) is 0 Å². The van der Waals surface area contributed by atoms with Crippen LogP contribution in [-0.2, 0) is 18.3 Å². The molecule has 32 heavy (non-hydrogen) atoms. The maximum absolute atomic E-state index is 15.3. The topological polar surface area (TPSA) is 85.9 Å². The third-order valence-corrected chi connectivity index (χ3v) is 5.23. The minimum atomic E-state index is -1.24. The molecule has 5 rings (SSSR count). The number of aryl methyl sites for hydroxylation is 1. The Bertz CT molecular complexity index is 1280. The number of anilines is 3. The zero-order valence-corrected chi connectivity index (χ0v) is 17.1. The highest BCUT2D eigenvalue weighted by Gasteiger charge is 2.24. The van der Waals surface area contributed by atoms with E-state index in [2.05, 4.69) is 25.5 Å². The number of rotatable bonds is 5. The molecule has 0 saturated carbocycles. The summed E-state index contributed by atoms with van der Waals surface area (Å²) < 4.78 is 52.4. The number of morpholine rings is 1. The van der Waals surface area contributed by atoms with Crippen molar-refractivity contribution in [3.8, 4) is 0 Å². The minimum Gasteiger partial charge on any atom is -0.378 e. The third-order valence-electron chi connectivity index (χ3n) is 5.23. The summed E-state index contributed by atoms with van der Waals surface area (Å²) >= 11 is 0. The Morgan fingerprint density at radius 2 is 1.88 bits per heavy atom. The van der Waals surface area contributed by atoms with Crippen LogP contribution in [-0.4, -0.2) is 55.8 Å². The third kappa shape index (κ3) is 3.73. The molecule has 1 aliphatic heterocycles. The number of nitrogens with zero attached hydrogens (tertiary/aromatic N) is 7. The first kappa shape index (κ1) is 20.2. The van der Waals surface area contributed by atoms with E-state index in [-0.39, 0.29) is 18.2 Å². The predicted octanol–water partition coefficient (Wildman–Crippen LogP) is 2.61. The van der Waals surface area contributed by atoms with Gasteiger partial charge in [-0.3, -0.25) is 4.68 Å². The summed E-state index contributed by atoms with van der Waals surface area (Å²) in [6.45, 7) is 1.23. The Balaban J connectivity index is 1.49. The molecule has 0 spiro atoms. The van der Waals surface area contributed by atoms with E-state index in [1.54, 1.807) is 35.2 Å². The van der Waals surface area contributed by atoms with Gasteiger partial charge in [0.25, 0.3) is 0 Å². The second-order valence-electron chi connectivity index (χ2n) is 7.39. The molecule has 166 valence electrons. The Labute approximate surface area is 180 Å². The summed E-state index contributed by atoms with van der Waals surface area (Å²) in [6.07, 6.45) is 6.38. The number of nitrogens with one attached hydrogen (secondary N) is 1. The molecule has 0 atom stereocenters. The molecule has 1 N–H and O–H groups in total. The normalized spacial score (nSPS) is 14.3. The number of benzene rings is 1. The van der Waals surface area contributed by atoms with E-state index in [0.29, 0.717) is 43.0 Å². The van der Waals surface area contributed by atoms with Gasteiger partial charge in [-0.2, -0.15) is 15.2 Å². The van der Waals surface area contributed by atoms with Crippen molar-refractivity contribution in [1.82, 2.24) is 29.5 Å². The van der Waals surface area contributed by atoms with E-state index < -0.39 is 23.0 Å². The van der Waals surface area contributed by atoms with Gasteiger partial charge in [-0.25, -0.2) is 22.8 Å². The highest BCUT2D eigenvalue weighted by molar-refractivity contribution is 5.75. The van der Waals surface area contributed by atoms with E-state index >= 15 is 4.39 Å². The van der Waals surface area contributed by atoms with Crippen molar-refractivity contribution in [1.29, 1.82) is 0 Å². The number of halogens is 3. The van der Waals surface area contributed by atoms with E-state index in [0.717, 1.165) is 6.07 Å². The maximum Gasteiger partial charge on any atom is 0.229 e. The molecule has 1 fully saturated rings. The predicted molar refractivity (Wildman–Crippen MR) is 110 cm³/mol. The second kappa shape index (κ2) is 8.11. The largest absolute Gasteiger partial charge is 0.378 e. The highest BCUT2D eigenvalue weighted by atomic mass is 19.2. The molecular formula is C20H19F3N8O. The number of hydrogen-bond donors (Lipinski definition) is 1. The Hall–Kier alpha value is -3.67. The average Bonchev–Trinajstić information content (AvgIpc) is 3.39. The standard InChI is InChI=1S/C20H19F3N8O/c1-29-10-13(9-25-29)27-20-24-7-12-8-26-31(19(12)28-20)11-14-17(22)15(21)6-16(18(14)23)30-2-4-32-5-3-30/h6-10H,2-5,11H2,1H3,(H,24,27,28). The number of aromatic nitrogens is 6. The van der Waals surface area contributed by atoms with Crippen molar-refractivity contribution in [3.63, 3.8) is 0 Å². The summed E-state index contributed by atoms with van der Waals surface area (Å²) in [5.74, 6) is -2.92. The van der Waals surface area contributed by atoms with E-state index in [1.807, 2.05) is 0 Å². The maximum atomic E-state index is 15.3. The SMILES string of the molecule is Cn1cc(Nc2ncc3cnn(Cc4c(F)c(F)cc(N5CCOCC5)c4F)c3n2)cn1. The average molecular weight is 444 g/mol. The fourth-order valence-electron chi connectivity index (χ4n) is 3.62. The first-order valence-corrected chi connectivity index (χ1v) is 9.93. The van der Waals surface area contributed by atoms with Crippen LogP contribution in [0.4, 0.5) is 30.5 Å². The molecule has 4 aromatic rings. The lowest BCUT2D eigenvalue weighted by Crippen LogP contribution is -2.37. The summed E-state index contributed by atoms with van der Waals surface area (Å²) in [6, 6.07) is 0.888. The zero-order chi connectivity index (χ0) is 22.2. The van der Waals surface area contributed by atoms with Crippen LogP contribution >= 0.6 is 0 Å². The lowest BCUT2D eigenvalue weighted by Gasteiger charge is -2.29.